The standard InChI is InChI=1S/C10H11NO5S/c12-3-4-17(14,15)7-1-2-9-8(5-7)11-10(13)6-16-9/h1-2,5,12H,3-4,6H2,(H,11,13). The van der Waals surface area contributed by atoms with Gasteiger partial charge in [0.15, 0.2) is 16.4 Å². The number of aliphatic hydroxyl groups is 1. The zero-order valence-corrected chi connectivity index (χ0v) is 9.66. The van der Waals surface area contributed by atoms with Gasteiger partial charge in [0, 0.05) is 0 Å². The molecule has 7 heteroatoms. The van der Waals surface area contributed by atoms with E-state index < -0.39 is 16.4 Å². The van der Waals surface area contributed by atoms with Crippen molar-refractivity contribution in [1.82, 2.24) is 0 Å². The quantitative estimate of drug-likeness (QED) is 0.781. The summed E-state index contributed by atoms with van der Waals surface area (Å²) in [5.41, 5.74) is 0.334. The Kier molecular flexibility index (Phi) is 3.03. The van der Waals surface area contributed by atoms with E-state index in [0.29, 0.717) is 11.4 Å². The van der Waals surface area contributed by atoms with Crippen LogP contribution < -0.4 is 10.1 Å². The number of fused-ring (bicyclic) bond motifs is 1. The van der Waals surface area contributed by atoms with Gasteiger partial charge in [-0.15, -0.1) is 0 Å². The van der Waals surface area contributed by atoms with Crippen LogP contribution >= 0.6 is 0 Å². The van der Waals surface area contributed by atoms with Crippen LogP contribution in [-0.4, -0.2) is 38.4 Å². The Morgan fingerprint density at radius 3 is 2.88 bits per heavy atom. The largest absolute Gasteiger partial charge is 0.482 e. The fourth-order valence-corrected chi connectivity index (χ4v) is 2.54. The average Bonchev–Trinajstić information content (AvgIpc) is 2.28. The van der Waals surface area contributed by atoms with Crippen molar-refractivity contribution in [2.75, 3.05) is 24.3 Å². The third-order valence-corrected chi connectivity index (χ3v) is 4.00. The number of aliphatic hydroxyl groups excluding tert-OH is 1. The van der Waals surface area contributed by atoms with E-state index in [2.05, 4.69) is 5.32 Å². The number of carbonyl (C=O) groups is 1. The molecule has 0 radical (unpaired) electrons. The molecule has 1 aromatic rings. The maximum absolute atomic E-state index is 11.7. The summed E-state index contributed by atoms with van der Waals surface area (Å²) in [5, 5.41) is 11.2. The van der Waals surface area contributed by atoms with Crippen LogP contribution in [0.15, 0.2) is 23.1 Å². The number of hydrogen-bond acceptors (Lipinski definition) is 5. The van der Waals surface area contributed by atoms with E-state index in [1.54, 1.807) is 0 Å². The summed E-state index contributed by atoms with van der Waals surface area (Å²) in [6, 6.07) is 4.21. The van der Waals surface area contributed by atoms with Crippen molar-refractivity contribution in [3.63, 3.8) is 0 Å². The van der Waals surface area contributed by atoms with Gasteiger partial charge in [0.1, 0.15) is 5.75 Å². The third kappa shape index (κ3) is 2.40. The highest BCUT2D eigenvalue weighted by Crippen LogP contribution is 2.30. The van der Waals surface area contributed by atoms with Gasteiger partial charge in [0.25, 0.3) is 5.91 Å². The van der Waals surface area contributed by atoms with Gasteiger partial charge in [-0.2, -0.15) is 0 Å². The lowest BCUT2D eigenvalue weighted by Gasteiger charge is -2.18. The van der Waals surface area contributed by atoms with Crippen molar-refractivity contribution < 1.29 is 23.1 Å². The Bertz CT molecular complexity index is 552. The first-order chi connectivity index (χ1) is 8.03. The molecule has 6 nitrogen and oxygen atoms in total. The molecular weight excluding hydrogens is 246 g/mol. The van der Waals surface area contributed by atoms with Crippen molar-refractivity contribution in [2.45, 2.75) is 4.90 Å². The molecule has 1 aliphatic heterocycles. The maximum atomic E-state index is 11.7. The highest BCUT2D eigenvalue weighted by molar-refractivity contribution is 7.91. The molecule has 1 heterocycles. The number of hydrogen-bond donors (Lipinski definition) is 2. The van der Waals surface area contributed by atoms with Crippen molar-refractivity contribution >= 4 is 21.4 Å². The Balaban J connectivity index is 2.39. The minimum atomic E-state index is -3.52. The van der Waals surface area contributed by atoms with Gasteiger partial charge in [0.05, 0.1) is 22.9 Å². The molecule has 2 N–H and O–H groups in total. The highest BCUT2D eigenvalue weighted by atomic mass is 32.2. The second-order valence-corrected chi connectivity index (χ2v) is 5.65. The molecule has 0 bridgehead atoms. The van der Waals surface area contributed by atoms with E-state index in [-0.39, 0.29) is 23.2 Å². The van der Waals surface area contributed by atoms with Crippen molar-refractivity contribution in [3.8, 4) is 5.75 Å². The van der Waals surface area contributed by atoms with Gasteiger partial charge in [-0.05, 0) is 18.2 Å². The van der Waals surface area contributed by atoms with Gasteiger partial charge in [-0.3, -0.25) is 4.79 Å². The number of ether oxygens (including phenoxy) is 1. The molecule has 0 unspecified atom stereocenters. The van der Waals surface area contributed by atoms with Gasteiger partial charge < -0.3 is 15.2 Å². The number of sulfone groups is 1. The summed E-state index contributed by atoms with van der Waals surface area (Å²) >= 11 is 0. The van der Waals surface area contributed by atoms with Crippen molar-refractivity contribution in [1.29, 1.82) is 0 Å². The summed E-state index contributed by atoms with van der Waals surface area (Å²) < 4.78 is 28.5. The molecule has 0 atom stereocenters. The lowest BCUT2D eigenvalue weighted by molar-refractivity contribution is -0.118. The van der Waals surface area contributed by atoms with Crippen LogP contribution in [0.4, 0.5) is 5.69 Å². The minimum absolute atomic E-state index is 0.0519. The second kappa shape index (κ2) is 4.34. The van der Waals surface area contributed by atoms with Crippen LogP contribution in [0.2, 0.25) is 0 Å². The Morgan fingerprint density at radius 2 is 2.18 bits per heavy atom. The van der Waals surface area contributed by atoms with Gasteiger partial charge >= 0.3 is 0 Å². The van der Waals surface area contributed by atoms with E-state index >= 15 is 0 Å². The highest BCUT2D eigenvalue weighted by Gasteiger charge is 2.20. The molecule has 0 spiro atoms. The number of rotatable bonds is 3. The predicted octanol–water partition coefficient (Wildman–Crippen LogP) is -0.217. The monoisotopic (exact) mass is 257 g/mol. The second-order valence-electron chi connectivity index (χ2n) is 3.54. The number of anilines is 1. The van der Waals surface area contributed by atoms with Gasteiger partial charge in [-0.1, -0.05) is 0 Å². The van der Waals surface area contributed by atoms with Crippen LogP contribution in [0.3, 0.4) is 0 Å². The first-order valence-electron chi connectivity index (χ1n) is 4.93. The molecule has 17 heavy (non-hydrogen) atoms. The average molecular weight is 257 g/mol. The molecular formula is C10H11NO5S. The fourth-order valence-electron chi connectivity index (χ4n) is 1.49. The predicted molar refractivity (Wildman–Crippen MR) is 59.7 cm³/mol. The molecule has 1 aliphatic rings. The molecule has 92 valence electrons. The van der Waals surface area contributed by atoms with E-state index in [1.807, 2.05) is 0 Å². The van der Waals surface area contributed by atoms with Crippen molar-refractivity contribution in [2.24, 2.45) is 0 Å². The third-order valence-electron chi connectivity index (χ3n) is 2.30. The van der Waals surface area contributed by atoms with E-state index in [9.17, 15) is 13.2 Å². The van der Waals surface area contributed by atoms with E-state index in [0.717, 1.165) is 0 Å². The summed E-state index contributed by atoms with van der Waals surface area (Å²) in [7, 11) is -3.52. The van der Waals surface area contributed by atoms with Crippen LogP contribution in [0, 0.1) is 0 Å². The Morgan fingerprint density at radius 1 is 1.41 bits per heavy atom. The smallest absolute Gasteiger partial charge is 0.262 e. The molecule has 1 aromatic carbocycles. The molecule has 2 rings (SSSR count). The van der Waals surface area contributed by atoms with Crippen LogP contribution in [0.1, 0.15) is 0 Å². The number of nitrogens with one attached hydrogen (secondary N) is 1. The van der Waals surface area contributed by atoms with E-state index in [4.69, 9.17) is 9.84 Å². The van der Waals surface area contributed by atoms with Gasteiger partial charge in [0.2, 0.25) is 0 Å². The molecule has 0 saturated carbocycles. The lowest BCUT2D eigenvalue weighted by atomic mass is 10.2. The Labute approximate surface area is 98.1 Å². The number of amides is 1. The summed E-state index contributed by atoms with van der Waals surface area (Å²) in [6.45, 7) is -0.516. The van der Waals surface area contributed by atoms with Gasteiger partial charge in [-0.25, -0.2) is 8.42 Å². The minimum Gasteiger partial charge on any atom is -0.482 e. The first kappa shape index (κ1) is 11.9. The molecule has 0 aliphatic carbocycles. The molecule has 1 amide bonds. The fraction of sp³-hybridized carbons (Fsp3) is 0.300. The number of benzene rings is 1. The normalized spacial score (nSPS) is 14.8. The lowest BCUT2D eigenvalue weighted by Crippen LogP contribution is -2.25. The first-order valence-corrected chi connectivity index (χ1v) is 6.58. The van der Waals surface area contributed by atoms with E-state index in [1.165, 1.54) is 18.2 Å². The summed E-state index contributed by atoms with van der Waals surface area (Å²) in [4.78, 5) is 11.1. The van der Waals surface area contributed by atoms with Crippen LogP contribution in [0.25, 0.3) is 0 Å². The maximum Gasteiger partial charge on any atom is 0.262 e. The molecule has 0 saturated heterocycles. The summed E-state index contributed by atoms with van der Waals surface area (Å²) in [6.07, 6.45) is 0. The van der Waals surface area contributed by atoms with Crippen LogP contribution in [-0.2, 0) is 14.6 Å². The number of carbonyl (C=O) groups excluding carboxylic acids is 1. The molecule has 0 aromatic heterocycles. The van der Waals surface area contributed by atoms with Crippen LogP contribution in [0.5, 0.6) is 5.75 Å². The summed E-state index contributed by atoms with van der Waals surface area (Å²) in [5.74, 6) is -0.234. The Hall–Kier alpha value is -1.60. The zero-order valence-electron chi connectivity index (χ0n) is 8.84. The zero-order chi connectivity index (χ0) is 12.5. The van der Waals surface area contributed by atoms with Crippen molar-refractivity contribution in [3.05, 3.63) is 18.2 Å². The SMILES string of the molecule is O=C1COc2ccc(S(=O)(=O)CCO)cc2N1. The molecule has 0 fully saturated rings. The topological polar surface area (TPSA) is 92.7 Å².